The Bertz CT molecular complexity index is 892. The number of aromatic nitrogens is 1. The van der Waals surface area contributed by atoms with E-state index in [1.54, 1.807) is 26.0 Å². The van der Waals surface area contributed by atoms with E-state index in [9.17, 15) is 9.59 Å². The van der Waals surface area contributed by atoms with E-state index in [0.29, 0.717) is 23.6 Å². The third-order valence-electron chi connectivity index (χ3n) is 4.49. The zero-order valence-corrected chi connectivity index (χ0v) is 15.2. The van der Waals surface area contributed by atoms with Gasteiger partial charge >= 0.3 is 0 Å². The maximum absolute atomic E-state index is 12.9. The summed E-state index contributed by atoms with van der Waals surface area (Å²) in [4.78, 5) is 31.1. The number of benzene rings is 1. The van der Waals surface area contributed by atoms with Crippen LogP contribution in [-0.2, 0) is 20.9 Å². The molecule has 1 N–H and O–H groups in total. The molecule has 1 aromatic carbocycles. The average molecular weight is 364 g/mol. The van der Waals surface area contributed by atoms with Crippen molar-refractivity contribution in [2.24, 2.45) is 0 Å². The number of hydrogen-bond donors (Lipinski definition) is 1. The van der Waals surface area contributed by atoms with Gasteiger partial charge in [0.25, 0.3) is 5.91 Å². The number of morpholine rings is 1. The van der Waals surface area contributed by atoms with Crippen molar-refractivity contribution in [3.8, 4) is 6.07 Å². The molecule has 7 heteroatoms. The molecule has 0 bridgehead atoms. The second-order valence-electron chi connectivity index (χ2n) is 6.40. The van der Waals surface area contributed by atoms with Crippen LogP contribution in [0.25, 0.3) is 0 Å². The van der Waals surface area contributed by atoms with Crippen LogP contribution in [0.3, 0.4) is 0 Å². The van der Waals surface area contributed by atoms with Crippen LogP contribution in [0.5, 0.6) is 0 Å². The molecule has 138 valence electrons. The molecule has 2 atom stereocenters. The first-order valence-corrected chi connectivity index (χ1v) is 8.63. The SMILES string of the molecule is Cc1nc(NC(=O)[C@@H]2[C@@H](C)OCC(=O)N2Cc2ccccc2)ccc1C#N. The second kappa shape index (κ2) is 7.98. The predicted octanol–water partition coefficient (Wildman–Crippen LogP) is 2.02. The first kappa shape index (κ1) is 18.5. The number of ether oxygens (including phenoxy) is 1. The van der Waals surface area contributed by atoms with Crippen LogP contribution >= 0.6 is 0 Å². The number of aryl methyl sites for hydroxylation is 1. The standard InChI is InChI=1S/C20H20N4O3/c1-13-16(10-21)8-9-17(22-13)23-20(26)19-14(2)27-12-18(25)24(19)11-15-6-4-3-5-7-15/h3-9,14,19H,11-12H2,1-2H3,(H,22,23,26)/t14-,19+/m1/s1. The zero-order valence-electron chi connectivity index (χ0n) is 15.2. The van der Waals surface area contributed by atoms with Crippen molar-refractivity contribution in [3.63, 3.8) is 0 Å². The smallest absolute Gasteiger partial charge is 0.251 e. The van der Waals surface area contributed by atoms with Crippen molar-refractivity contribution in [1.29, 1.82) is 5.26 Å². The van der Waals surface area contributed by atoms with Crippen molar-refractivity contribution in [2.75, 3.05) is 11.9 Å². The Morgan fingerprint density at radius 2 is 2.07 bits per heavy atom. The molecule has 2 aromatic rings. The van der Waals surface area contributed by atoms with Gasteiger partial charge in [-0.3, -0.25) is 9.59 Å². The Morgan fingerprint density at radius 3 is 2.74 bits per heavy atom. The van der Waals surface area contributed by atoms with Crippen molar-refractivity contribution < 1.29 is 14.3 Å². The minimum Gasteiger partial charge on any atom is -0.366 e. The van der Waals surface area contributed by atoms with Gasteiger partial charge in [0.05, 0.1) is 17.4 Å². The van der Waals surface area contributed by atoms with Gasteiger partial charge in [-0.25, -0.2) is 4.98 Å². The molecular weight excluding hydrogens is 344 g/mol. The molecule has 0 saturated carbocycles. The van der Waals surface area contributed by atoms with Crippen molar-refractivity contribution in [3.05, 3.63) is 59.3 Å². The molecule has 27 heavy (non-hydrogen) atoms. The molecule has 2 heterocycles. The first-order valence-electron chi connectivity index (χ1n) is 8.63. The summed E-state index contributed by atoms with van der Waals surface area (Å²) in [6.07, 6.45) is -0.453. The summed E-state index contributed by atoms with van der Waals surface area (Å²) in [6.45, 7) is 3.75. The lowest BCUT2D eigenvalue weighted by Crippen LogP contribution is -2.58. The van der Waals surface area contributed by atoms with E-state index in [-0.39, 0.29) is 18.4 Å². The molecule has 2 amide bonds. The summed E-state index contributed by atoms with van der Waals surface area (Å²) in [5.41, 5.74) is 1.91. The molecule has 7 nitrogen and oxygen atoms in total. The van der Waals surface area contributed by atoms with E-state index in [0.717, 1.165) is 5.56 Å². The fourth-order valence-corrected chi connectivity index (χ4v) is 3.06. The lowest BCUT2D eigenvalue weighted by molar-refractivity contribution is -0.161. The summed E-state index contributed by atoms with van der Waals surface area (Å²) in [5, 5.41) is 11.7. The Labute approximate surface area is 157 Å². The maximum Gasteiger partial charge on any atom is 0.251 e. The van der Waals surface area contributed by atoms with Crippen LogP contribution in [0.2, 0.25) is 0 Å². The number of carbonyl (C=O) groups excluding carboxylic acids is 2. The van der Waals surface area contributed by atoms with Crippen LogP contribution < -0.4 is 5.32 Å². The van der Waals surface area contributed by atoms with Crippen LogP contribution in [0.1, 0.15) is 23.7 Å². The quantitative estimate of drug-likeness (QED) is 0.895. The number of nitrogens with zero attached hydrogens (tertiary/aromatic N) is 3. The maximum atomic E-state index is 12.9. The van der Waals surface area contributed by atoms with E-state index in [1.165, 1.54) is 4.90 Å². The molecule has 0 spiro atoms. The number of nitriles is 1. The number of pyridine rings is 1. The fraction of sp³-hybridized carbons (Fsp3) is 0.300. The van der Waals surface area contributed by atoms with Gasteiger partial charge in [-0.05, 0) is 31.5 Å². The molecule has 0 aliphatic carbocycles. The van der Waals surface area contributed by atoms with Gasteiger partial charge in [0.2, 0.25) is 5.91 Å². The molecule has 1 saturated heterocycles. The summed E-state index contributed by atoms with van der Waals surface area (Å²) in [5.74, 6) is -0.273. The molecule has 1 fully saturated rings. The van der Waals surface area contributed by atoms with Crippen LogP contribution in [-0.4, -0.2) is 40.5 Å². The monoisotopic (exact) mass is 364 g/mol. The van der Waals surface area contributed by atoms with E-state index in [4.69, 9.17) is 10.00 Å². The van der Waals surface area contributed by atoms with Gasteiger partial charge in [0.15, 0.2) is 0 Å². The number of amides is 2. The highest BCUT2D eigenvalue weighted by atomic mass is 16.5. The van der Waals surface area contributed by atoms with Crippen LogP contribution in [0.15, 0.2) is 42.5 Å². The summed E-state index contributed by atoms with van der Waals surface area (Å²) >= 11 is 0. The number of rotatable bonds is 4. The van der Waals surface area contributed by atoms with Gasteiger partial charge in [-0.15, -0.1) is 0 Å². The molecule has 3 rings (SSSR count). The minimum absolute atomic E-state index is 0.0496. The average Bonchev–Trinajstić information content (AvgIpc) is 2.66. The molecule has 0 unspecified atom stereocenters. The van der Waals surface area contributed by atoms with Crippen molar-refractivity contribution in [2.45, 2.75) is 32.5 Å². The normalized spacial score (nSPS) is 19.4. The zero-order chi connectivity index (χ0) is 19.4. The highest BCUT2D eigenvalue weighted by molar-refractivity contribution is 5.97. The van der Waals surface area contributed by atoms with E-state index in [2.05, 4.69) is 10.3 Å². The number of nitrogens with one attached hydrogen (secondary N) is 1. The third kappa shape index (κ3) is 4.13. The Morgan fingerprint density at radius 1 is 1.33 bits per heavy atom. The fourth-order valence-electron chi connectivity index (χ4n) is 3.06. The van der Waals surface area contributed by atoms with E-state index >= 15 is 0 Å². The largest absolute Gasteiger partial charge is 0.366 e. The van der Waals surface area contributed by atoms with Crippen molar-refractivity contribution in [1.82, 2.24) is 9.88 Å². The first-order chi connectivity index (χ1) is 13.0. The molecule has 1 aliphatic rings. The van der Waals surface area contributed by atoms with Gasteiger partial charge in [0, 0.05) is 6.54 Å². The summed E-state index contributed by atoms with van der Waals surface area (Å²) in [6, 6.07) is 13.9. The van der Waals surface area contributed by atoms with Gasteiger partial charge in [-0.2, -0.15) is 5.26 Å². The highest BCUT2D eigenvalue weighted by Gasteiger charge is 2.39. The second-order valence-corrected chi connectivity index (χ2v) is 6.40. The Kier molecular flexibility index (Phi) is 5.48. The molecule has 1 aromatic heterocycles. The van der Waals surface area contributed by atoms with Crippen molar-refractivity contribution >= 4 is 17.6 Å². The number of hydrogen-bond acceptors (Lipinski definition) is 5. The predicted molar refractivity (Wildman–Crippen MR) is 98.5 cm³/mol. The van der Waals surface area contributed by atoms with Crippen LogP contribution in [0.4, 0.5) is 5.82 Å². The summed E-state index contributed by atoms with van der Waals surface area (Å²) < 4.78 is 5.47. The van der Waals surface area contributed by atoms with E-state index in [1.807, 2.05) is 36.4 Å². The molecule has 0 radical (unpaired) electrons. The lowest BCUT2D eigenvalue weighted by atomic mass is 10.1. The molecular formula is C20H20N4O3. The minimum atomic E-state index is -0.774. The van der Waals surface area contributed by atoms with Gasteiger partial charge < -0.3 is 15.0 Å². The Hall–Kier alpha value is -3.24. The number of carbonyl (C=O) groups is 2. The van der Waals surface area contributed by atoms with Gasteiger partial charge in [-0.1, -0.05) is 30.3 Å². The third-order valence-corrected chi connectivity index (χ3v) is 4.49. The highest BCUT2D eigenvalue weighted by Crippen LogP contribution is 2.20. The summed E-state index contributed by atoms with van der Waals surface area (Å²) in [7, 11) is 0. The Balaban J connectivity index is 1.81. The lowest BCUT2D eigenvalue weighted by Gasteiger charge is -2.38. The van der Waals surface area contributed by atoms with E-state index < -0.39 is 12.1 Å². The number of anilines is 1. The van der Waals surface area contributed by atoms with Crippen LogP contribution in [0, 0.1) is 18.3 Å². The topological polar surface area (TPSA) is 95.3 Å². The van der Waals surface area contributed by atoms with Gasteiger partial charge in [0.1, 0.15) is 24.5 Å². The molecule has 1 aliphatic heterocycles.